The summed E-state index contributed by atoms with van der Waals surface area (Å²) in [6.07, 6.45) is 2.80. The molecular formula is C22H20F2N2O7. The average Bonchev–Trinajstić information content (AvgIpc) is 3.30. The van der Waals surface area contributed by atoms with Crippen LogP contribution in [0.2, 0.25) is 0 Å². The highest BCUT2D eigenvalue weighted by Gasteiger charge is 2.15. The Kier molecular flexibility index (Phi) is 7.79. The lowest BCUT2D eigenvalue weighted by Crippen LogP contribution is -2.03. The summed E-state index contributed by atoms with van der Waals surface area (Å²) in [4.78, 5) is 16.1. The van der Waals surface area contributed by atoms with Gasteiger partial charge in [0, 0.05) is 11.6 Å². The molecule has 0 radical (unpaired) electrons. The summed E-state index contributed by atoms with van der Waals surface area (Å²) in [6, 6.07) is 9.36. The zero-order chi connectivity index (χ0) is 23.8. The average molecular weight is 462 g/mol. The van der Waals surface area contributed by atoms with Crippen molar-refractivity contribution >= 4 is 12.0 Å². The van der Waals surface area contributed by atoms with E-state index in [-0.39, 0.29) is 29.8 Å². The molecule has 0 saturated heterocycles. The maximum absolute atomic E-state index is 12.5. The zero-order valence-corrected chi connectivity index (χ0v) is 17.9. The molecule has 11 heteroatoms. The second-order valence-electron chi connectivity index (χ2n) is 6.31. The molecule has 33 heavy (non-hydrogen) atoms. The molecule has 0 atom stereocenters. The molecule has 0 aliphatic carbocycles. The monoisotopic (exact) mass is 462 g/mol. The fraction of sp³-hybridized carbons (Fsp3) is 0.227. The quantitative estimate of drug-likeness (QED) is 0.325. The van der Waals surface area contributed by atoms with Gasteiger partial charge in [-0.2, -0.15) is 13.8 Å². The van der Waals surface area contributed by atoms with Crippen LogP contribution in [-0.4, -0.2) is 44.1 Å². The highest BCUT2D eigenvalue weighted by molar-refractivity contribution is 5.87. The van der Waals surface area contributed by atoms with Crippen LogP contribution in [0, 0.1) is 0 Å². The maximum Gasteiger partial charge on any atom is 0.387 e. The second kappa shape index (κ2) is 10.9. The Labute approximate surface area is 187 Å². The number of carbonyl (C=O) groups is 1. The van der Waals surface area contributed by atoms with Gasteiger partial charge >= 0.3 is 12.6 Å². The minimum Gasteiger partial charge on any atom is -0.493 e. The third-order valence-electron chi connectivity index (χ3n) is 4.26. The molecule has 0 amide bonds. The molecule has 1 heterocycles. The lowest BCUT2D eigenvalue weighted by molar-refractivity contribution is -0.139. The Morgan fingerprint density at radius 2 is 1.70 bits per heavy atom. The molecule has 3 aromatic rings. The number of rotatable bonds is 10. The van der Waals surface area contributed by atoms with Crippen LogP contribution >= 0.6 is 0 Å². The predicted molar refractivity (Wildman–Crippen MR) is 111 cm³/mol. The van der Waals surface area contributed by atoms with Gasteiger partial charge in [0.15, 0.2) is 29.6 Å². The SMILES string of the molecule is COc1ccc(/C=C/C(=O)OCc2nc(-c3ccc(OC(F)F)c(OC)c3)no2)cc1OC. The Balaban J connectivity index is 1.61. The Bertz CT molecular complexity index is 1130. The number of alkyl halides is 2. The molecule has 3 rings (SSSR count). The summed E-state index contributed by atoms with van der Waals surface area (Å²) in [5.74, 6) is 0.615. The van der Waals surface area contributed by atoms with Gasteiger partial charge in [0.1, 0.15) is 0 Å². The first kappa shape index (κ1) is 23.5. The van der Waals surface area contributed by atoms with E-state index in [1.807, 2.05) is 0 Å². The molecule has 0 saturated carbocycles. The third kappa shape index (κ3) is 6.19. The minimum atomic E-state index is -2.99. The van der Waals surface area contributed by atoms with Gasteiger partial charge in [-0.1, -0.05) is 11.2 Å². The molecule has 9 nitrogen and oxygen atoms in total. The van der Waals surface area contributed by atoms with Crippen LogP contribution in [0.15, 0.2) is 47.0 Å². The van der Waals surface area contributed by atoms with Crippen molar-refractivity contribution in [2.75, 3.05) is 21.3 Å². The van der Waals surface area contributed by atoms with Gasteiger partial charge in [-0.3, -0.25) is 0 Å². The van der Waals surface area contributed by atoms with Crippen molar-refractivity contribution in [1.82, 2.24) is 10.1 Å². The van der Waals surface area contributed by atoms with E-state index in [1.165, 1.54) is 45.6 Å². The van der Waals surface area contributed by atoms with Crippen molar-refractivity contribution in [3.8, 4) is 34.4 Å². The van der Waals surface area contributed by atoms with E-state index in [0.29, 0.717) is 22.6 Å². The first-order chi connectivity index (χ1) is 15.9. The maximum atomic E-state index is 12.5. The number of hydrogen-bond acceptors (Lipinski definition) is 9. The number of benzene rings is 2. The normalized spacial score (nSPS) is 11.0. The summed E-state index contributed by atoms with van der Waals surface area (Å²) in [7, 11) is 4.36. The largest absolute Gasteiger partial charge is 0.493 e. The van der Waals surface area contributed by atoms with Crippen molar-refractivity contribution in [1.29, 1.82) is 0 Å². The zero-order valence-electron chi connectivity index (χ0n) is 17.9. The Hall–Kier alpha value is -4.15. The van der Waals surface area contributed by atoms with Crippen LogP contribution in [-0.2, 0) is 16.1 Å². The van der Waals surface area contributed by atoms with Crippen LogP contribution < -0.4 is 18.9 Å². The molecule has 0 N–H and O–H groups in total. The number of halogens is 2. The van der Waals surface area contributed by atoms with Crippen molar-refractivity contribution < 1.29 is 41.8 Å². The van der Waals surface area contributed by atoms with Crippen LogP contribution in [0.3, 0.4) is 0 Å². The van der Waals surface area contributed by atoms with Crippen molar-refractivity contribution in [2.45, 2.75) is 13.2 Å². The van der Waals surface area contributed by atoms with E-state index < -0.39 is 12.6 Å². The topological polar surface area (TPSA) is 102 Å². The van der Waals surface area contributed by atoms with Crippen LogP contribution in [0.4, 0.5) is 8.78 Å². The van der Waals surface area contributed by atoms with Crippen molar-refractivity contribution in [3.05, 3.63) is 53.9 Å². The number of carbonyl (C=O) groups excluding carboxylic acids is 1. The Morgan fingerprint density at radius 3 is 2.39 bits per heavy atom. The summed E-state index contributed by atoms with van der Waals surface area (Å²) in [6.45, 7) is -3.25. The van der Waals surface area contributed by atoms with Crippen LogP contribution in [0.5, 0.6) is 23.0 Å². The standard InChI is InChI=1S/C22H20F2N2O7/c1-28-15-7-4-13(10-17(15)29-2)5-9-20(27)31-12-19-25-21(26-33-19)14-6-8-16(32-22(23)24)18(11-14)30-3/h4-11,22H,12H2,1-3H3/b9-5+. The molecule has 174 valence electrons. The fourth-order valence-electron chi connectivity index (χ4n) is 2.73. The molecule has 0 fully saturated rings. The van der Waals surface area contributed by atoms with E-state index in [2.05, 4.69) is 14.9 Å². The van der Waals surface area contributed by atoms with E-state index in [4.69, 9.17) is 23.5 Å². The molecule has 0 unspecified atom stereocenters. The number of methoxy groups -OCH3 is 3. The van der Waals surface area contributed by atoms with Gasteiger partial charge in [0.25, 0.3) is 5.89 Å². The highest BCUT2D eigenvalue weighted by atomic mass is 19.3. The van der Waals surface area contributed by atoms with E-state index >= 15 is 0 Å². The van der Waals surface area contributed by atoms with Gasteiger partial charge < -0.3 is 28.2 Å². The molecule has 0 aliphatic rings. The highest BCUT2D eigenvalue weighted by Crippen LogP contribution is 2.32. The van der Waals surface area contributed by atoms with Crippen LogP contribution in [0.25, 0.3) is 17.5 Å². The van der Waals surface area contributed by atoms with E-state index in [0.717, 1.165) is 0 Å². The van der Waals surface area contributed by atoms with Crippen molar-refractivity contribution in [2.24, 2.45) is 0 Å². The second-order valence-corrected chi connectivity index (χ2v) is 6.31. The number of nitrogens with zero attached hydrogens (tertiary/aromatic N) is 2. The molecule has 0 bridgehead atoms. The first-order valence-corrected chi connectivity index (χ1v) is 9.46. The predicted octanol–water partition coefficient (Wildman–Crippen LogP) is 4.12. The minimum absolute atomic E-state index is 0.0461. The smallest absolute Gasteiger partial charge is 0.387 e. The molecule has 2 aromatic carbocycles. The Morgan fingerprint density at radius 1 is 1.00 bits per heavy atom. The number of aromatic nitrogens is 2. The number of esters is 1. The summed E-state index contributed by atoms with van der Waals surface area (Å²) < 4.78 is 54.9. The number of ether oxygens (including phenoxy) is 5. The summed E-state index contributed by atoms with van der Waals surface area (Å²) >= 11 is 0. The van der Waals surface area contributed by atoms with Gasteiger partial charge in [-0.15, -0.1) is 0 Å². The van der Waals surface area contributed by atoms with Gasteiger partial charge in [-0.05, 0) is 42.0 Å². The molecule has 0 aliphatic heterocycles. The van der Waals surface area contributed by atoms with Gasteiger partial charge in [-0.25, -0.2) is 4.79 Å². The van der Waals surface area contributed by atoms with Gasteiger partial charge in [0.05, 0.1) is 21.3 Å². The first-order valence-electron chi connectivity index (χ1n) is 9.46. The molecular weight excluding hydrogens is 442 g/mol. The summed E-state index contributed by atoms with van der Waals surface area (Å²) in [5, 5.41) is 3.79. The fourth-order valence-corrected chi connectivity index (χ4v) is 2.73. The molecule has 1 aromatic heterocycles. The lowest BCUT2D eigenvalue weighted by atomic mass is 10.2. The lowest BCUT2D eigenvalue weighted by Gasteiger charge is -2.10. The molecule has 0 spiro atoms. The number of hydrogen-bond donors (Lipinski definition) is 0. The van der Waals surface area contributed by atoms with Crippen LogP contribution in [0.1, 0.15) is 11.5 Å². The van der Waals surface area contributed by atoms with Crippen molar-refractivity contribution in [3.63, 3.8) is 0 Å². The van der Waals surface area contributed by atoms with Gasteiger partial charge in [0.2, 0.25) is 5.82 Å². The van der Waals surface area contributed by atoms with E-state index in [1.54, 1.807) is 24.3 Å². The third-order valence-corrected chi connectivity index (χ3v) is 4.26. The van der Waals surface area contributed by atoms with E-state index in [9.17, 15) is 13.6 Å². The summed E-state index contributed by atoms with van der Waals surface area (Å²) in [5.41, 5.74) is 1.14.